The predicted molar refractivity (Wildman–Crippen MR) is 76.2 cm³/mol. The van der Waals surface area contributed by atoms with Crippen LogP contribution >= 0.6 is 11.8 Å². The zero-order valence-corrected chi connectivity index (χ0v) is 74.2. The fourth-order valence-corrected chi connectivity index (χ4v) is 47.4. The monoisotopic (exact) mass is 1810 g/mol. The van der Waals surface area contributed by atoms with Crippen molar-refractivity contribution in [2.45, 2.75) is 23.6 Å². The molecule has 23 heavy (non-hydrogen) atoms. The van der Waals surface area contributed by atoms with Crippen LogP contribution < -0.4 is 4.06 Å². The standard InChI is InChI=1S/C14H6NS.7Ra.7H/c1-9-5-3-7-11-13(9)15-14-10(2)6-4-8-12(14)16-11;;;;;;;;;;;;;;/h1-2H3;;;;;;;;;;;;;;/q-1;;;;;;;+1;;;;;;;. The molecule has 0 radical (unpaired) electrons. The molecule has 0 atom stereocenters. The van der Waals surface area contributed by atoms with Gasteiger partial charge in [-0.2, -0.15) is 0 Å². The Kier molecular flexibility index (Phi) is 13.3. The van der Waals surface area contributed by atoms with E-state index in [1.165, 1.54) is 0 Å². The molecule has 1 aliphatic heterocycles. The van der Waals surface area contributed by atoms with Crippen molar-refractivity contribution in [1.29, 1.82) is 0 Å². The minimum atomic E-state index is 0.346. The third kappa shape index (κ3) is 5.42. The molecule has 0 aromatic heterocycles. The third-order valence-electron chi connectivity index (χ3n) is 6.07. The van der Waals surface area contributed by atoms with Crippen LogP contribution in [0.2, 0.25) is 0 Å². The van der Waals surface area contributed by atoms with Gasteiger partial charge in [-0.3, -0.25) is 0 Å². The molecule has 2 aromatic carbocycles. The van der Waals surface area contributed by atoms with Crippen LogP contribution in [-0.4, -0.2) is 0 Å². The van der Waals surface area contributed by atoms with Crippen LogP contribution in [0.4, 0.5) is 11.4 Å². The van der Waals surface area contributed by atoms with Crippen LogP contribution in [0, 0.1) is 314 Å². The van der Waals surface area contributed by atoms with Crippen molar-refractivity contribution in [3.8, 4) is 0 Å². The number of fused-ring (bicyclic) bond motifs is 2. The Balaban J connectivity index is 2.40. The average molecular weight is 1810 g/mol. The summed E-state index contributed by atoms with van der Waals surface area (Å²) in [7, 11) is 0. The van der Waals surface area contributed by atoms with Crippen molar-refractivity contribution in [2.75, 3.05) is 0.431 Å². The van der Waals surface area contributed by atoms with Crippen molar-refractivity contribution in [2.24, 2.45) is 0 Å². The summed E-state index contributed by atoms with van der Waals surface area (Å²) in [4.78, 5) is 3.54. The van der Waals surface area contributed by atoms with E-state index in [0.717, 1.165) is 0 Å². The number of hydrogen-bond acceptors (Lipinski definition) is 2. The molecule has 0 unspecified atom stereocenters. The number of rotatable bonds is 0. The van der Waals surface area contributed by atoms with E-state index >= 15 is 0 Å². The maximum atomic E-state index is 2.86. The quantitative estimate of drug-likeness (QED) is 0.289. The first-order valence-electron chi connectivity index (χ1n) is 8.30. The molecule has 0 saturated carbocycles. The van der Waals surface area contributed by atoms with Gasteiger partial charge in [-0.15, -0.1) is 0 Å². The van der Waals surface area contributed by atoms with Gasteiger partial charge in [0.15, 0.2) is 0 Å². The van der Waals surface area contributed by atoms with E-state index in [1.54, 1.807) is 32.3 Å². The van der Waals surface area contributed by atoms with Gasteiger partial charge in [0.1, 0.15) is 0 Å². The molecule has 0 spiro atoms. The summed E-state index contributed by atoms with van der Waals surface area (Å²) in [5, 5.41) is 0. The van der Waals surface area contributed by atoms with E-state index in [-0.39, 0.29) is 0 Å². The Morgan fingerprint density at radius 3 is 1.30 bits per heavy atom. The van der Waals surface area contributed by atoms with Gasteiger partial charge in [0.05, 0.1) is 0 Å². The summed E-state index contributed by atoms with van der Waals surface area (Å²) in [5.74, 6) is 0. The molecule has 0 amide bonds. The second-order valence-electron chi connectivity index (χ2n) is 7.02. The Hall–Kier alpha value is 8.86. The van der Waals surface area contributed by atoms with Crippen LogP contribution in [0.3, 0.4) is 0 Å². The number of nitrogens with zero attached hydrogens (tertiary/aromatic N) is 1. The summed E-state index contributed by atoms with van der Waals surface area (Å²) < 4.78 is 14.4. The van der Waals surface area contributed by atoms with Gasteiger partial charge in [0.2, 0.25) is 0 Å². The molecule has 0 fully saturated rings. The Labute approximate surface area is 348 Å². The molecule has 0 N–H and O–H groups in total. The van der Waals surface area contributed by atoms with Gasteiger partial charge in [-0.25, -0.2) is 0 Å². The van der Waals surface area contributed by atoms with Gasteiger partial charge < -0.3 is 0 Å². The summed E-state index contributed by atoms with van der Waals surface area (Å²) >= 11 is 5.69. The first-order valence-corrected chi connectivity index (χ1v) is 37.5. The van der Waals surface area contributed by atoms with Gasteiger partial charge in [-0.05, 0) is 0 Å². The van der Waals surface area contributed by atoms with E-state index < -0.39 is 0 Å². The van der Waals surface area contributed by atoms with Crippen molar-refractivity contribution in [1.82, 2.24) is 0 Å². The molecule has 0 bridgehead atoms. The summed E-state index contributed by atoms with van der Waals surface area (Å²) in [6.45, 7) is 4.93. The van der Waals surface area contributed by atoms with Crippen LogP contribution in [0.1, 0.15) is 11.1 Å². The molecule has 2 aromatic rings. The SMILES string of the molecule is Cc1[c]([RaH])[c]([RaH])[c]([RaH])c2c1[N]([RaH])c1c(C)[c]([RaH])[c]([RaH])[c]([RaH])c1S2. The fraction of sp³-hybridized carbons (Fsp3) is 0.143. The fourth-order valence-electron chi connectivity index (χ4n) is 3.79. The molecule has 94 valence electrons. The number of hydrogen-bond donors (Lipinski definition) is 0. The molecule has 0 aliphatic carbocycles. The first kappa shape index (κ1) is 26.5. The number of benzene rings is 2. The van der Waals surface area contributed by atoms with Gasteiger partial charge >= 0.3 is 362 Å². The molecular weight excluding hydrogens is 1800 g/mol. The molecule has 0 saturated heterocycles. The maximum absolute atomic E-state index is 2.86. The Bertz CT molecular complexity index is 796. The Morgan fingerprint density at radius 1 is 0.609 bits per heavy atom. The summed E-state index contributed by atoms with van der Waals surface area (Å²) in [6, 6.07) is 0. The molecule has 1 nitrogen and oxygen atoms in total. The predicted octanol–water partition coefficient (Wildman–Crippen LogP) is -2.46. The van der Waals surface area contributed by atoms with E-state index in [2.05, 4.69) is 26.0 Å². The summed E-state index contributed by atoms with van der Waals surface area (Å²) in [5.41, 5.74) is 6.88. The van der Waals surface area contributed by atoms with Crippen molar-refractivity contribution >= 4 is 26.8 Å². The minimum absolute atomic E-state index is 0.346. The van der Waals surface area contributed by atoms with E-state index in [9.17, 15) is 0 Å². The van der Waals surface area contributed by atoms with Crippen molar-refractivity contribution < 1.29 is 300 Å². The van der Waals surface area contributed by atoms with Gasteiger partial charge in [0.25, 0.3) is 0 Å². The van der Waals surface area contributed by atoms with Gasteiger partial charge in [-0.1, -0.05) is 0 Å². The van der Waals surface area contributed by atoms with Crippen molar-refractivity contribution in [3.63, 3.8) is 0 Å². The topological polar surface area (TPSA) is 3.24 Å². The molecular formula is C14H13NRa7S. The molecule has 1 aliphatic rings. The number of anilines is 2. The van der Waals surface area contributed by atoms with E-state index in [4.69, 9.17) is 0 Å². The van der Waals surface area contributed by atoms with Crippen molar-refractivity contribution in [3.05, 3.63) is 11.1 Å². The van der Waals surface area contributed by atoms with Crippen LogP contribution in [0.25, 0.3) is 0 Å². The van der Waals surface area contributed by atoms with Crippen LogP contribution in [0.15, 0.2) is 9.79 Å². The zero-order valence-electron chi connectivity index (χ0n) is 15.9. The molecule has 1 heterocycles. The normalized spacial score (nSPS) is 12.6. The first-order chi connectivity index (χ1) is 10.7. The average Bonchev–Trinajstić information content (AvgIpc) is 2.53. The second kappa shape index (κ2) is 11.5. The molecule has 9 heteroatoms. The zero-order chi connectivity index (χ0) is 17.2. The van der Waals surface area contributed by atoms with E-state index in [1.807, 2.05) is 3.63 Å². The summed E-state index contributed by atoms with van der Waals surface area (Å²) in [6.07, 6.45) is 0. The Morgan fingerprint density at radius 2 is 0.957 bits per heavy atom. The molecule has 3 rings (SSSR count). The van der Waals surface area contributed by atoms with Crippen LogP contribution in [-0.2, 0) is 0 Å². The van der Waals surface area contributed by atoms with Crippen LogP contribution in [0.5, 0.6) is 0 Å². The van der Waals surface area contributed by atoms with Gasteiger partial charge in [0, 0.05) is 0 Å². The third-order valence-corrected chi connectivity index (χ3v) is 117. The van der Waals surface area contributed by atoms with E-state index in [0.29, 0.717) is 300 Å². The second-order valence-corrected chi connectivity index (χ2v) is 36.4.